The van der Waals surface area contributed by atoms with E-state index in [-0.39, 0.29) is 11.5 Å². The molecule has 4 rings (SSSR count). The molecule has 3 aliphatic rings. The van der Waals surface area contributed by atoms with Crippen LogP contribution in [0.15, 0.2) is 33.7 Å². The average molecular weight is 431 g/mol. The highest BCUT2D eigenvalue weighted by atomic mass is 35.5. The third kappa shape index (κ3) is 3.34. The largest absolute Gasteiger partial charge is 0.414 e. The molecule has 4 heterocycles. The summed E-state index contributed by atoms with van der Waals surface area (Å²) < 4.78 is 41.1. The van der Waals surface area contributed by atoms with Crippen LogP contribution >= 0.6 is 22.9 Å². The van der Waals surface area contributed by atoms with E-state index in [1.54, 1.807) is 22.4 Å². The number of thiophene rings is 1. The van der Waals surface area contributed by atoms with Crippen molar-refractivity contribution >= 4 is 46.6 Å². The van der Waals surface area contributed by atoms with Crippen LogP contribution in [-0.2, 0) is 4.79 Å². The maximum atomic E-state index is 13.7. The quantitative estimate of drug-likeness (QED) is 0.663. The third-order valence-electron chi connectivity index (χ3n) is 5.02. The summed E-state index contributed by atoms with van der Waals surface area (Å²) in [5.74, 6) is -0.647. The molecule has 1 fully saturated rings. The van der Waals surface area contributed by atoms with E-state index in [4.69, 9.17) is 11.6 Å². The maximum Gasteiger partial charge on any atom is 0.414 e. The highest BCUT2D eigenvalue weighted by Crippen LogP contribution is 2.40. The molecule has 1 saturated heterocycles. The molecule has 28 heavy (non-hydrogen) atoms. The molecule has 3 aliphatic heterocycles. The number of rotatable bonds is 2. The molecule has 0 bridgehead atoms. The van der Waals surface area contributed by atoms with Crippen molar-refractivity contribution in [3.63, 3.8) is 0 Å². The maximum absolute atomic E-state index is 13.7. The predicted octanol–water partition coefficient (Wildman–Crippen LogP) is 4.11. The molecule has 10 heteroatoms. The number of likely N-dealkylation sites (tertiary alicyclic amines) is 1. The SMILES string of the molecule is O=C(N1CCCCCC1)C1(Cl)C=NN2C1=NC(c1cccs1)=CC2C(F)(F)F. The molecule has 1 aromatic rings. The first-order chi connectivity index (χ1) is 13.3. The number of halogens is 4. The van der Waals surface area contributed by atoms with Gasteiger partial charge in [-0.1, -0.05) is 30.5 Å². The molecule has 2 atom stereocenters. The van der Waals surface area contributed by atoms with Crippen molar-refractivity contribution in [3.8, 4) is 0 Å². The van der Waals surface area contributed by atoms with Crippen LogP contribution in [0.1, 0.15) is 30.6 Å². The molecule has 150 valence electrons. The Labute approximate surface area is 169 Å². The normalized spacial score (nSPS) is 27.9. The van der Waals surface area contributed by atoms with Gasteiger partial charge in [0.15, 0.2) is 11.9 Å². The number of amides is 1. The summed E-state index contributed by atoms with van der Waals surface area (Å²) in [4.78, 5) is 17.9. The summed E-state index contributed by atoms with van der Waals surface area (Å²) in [5, 5.41) is 6.33. The molecule has 0 spiro atoms. The number of amidine groups is 1. The fourth-order valence-corrected chi connectivity index (χ4v) is 4.57. The molecule has 0 N–H and O–H groups in total. The molecule has 0 saturated carbocycles. The van der Waals surface area contributed by atoms with E-state index in [0.717, 1.165) is 43.0 Å². The number of nitrogens with zero attached hydrogens (tertiary/aromatic N) is 4. The minimum absolute atomic E-state index is 0.155. The van der Waals surface area contributed by atoms with E-state index in [9.17, 15) is 18.0 Å². The summed E-state index contributed by atoms with van der Waals surface area (Å²) in [6, 6.07) is 1.40. The fraction of sp³-hybridized carbons (Fsp3) is 0.500. The van der Waals surface area contributed by atoms with Gasteiger partial charge in [-0.15, -0.1) is 11.3 Å². The molecule has 1 aromatic heterocycles. The smallest absolute Gasteiger partial charge is 0.340 e. The highest BCUT2D eigenvalue weighted by Gasteiger charge is 2.56. The lowest BCUT2D eigenvalue weighted by Crippen LogP contribution is -2.56. The number of alkyl halides is 4. The van der Waals surface area contributed by atoms with Crippen molar-refractivity contribution in [1.82, 2.24) is 9.91 Å². The van der Waals surface area contributed by atoms with Crippen LogP contribution in [-0.4, -0.2) is 58.0 Å². The van der Waals surface area contributed by atoms with E-state index < -0.39 is 23.0 Å². The average Bonchev–Trinajstić information content (AvgIpc) is 3.21. The van der Waals surface area contributed by atoms with Gasteiger partial charge < -0.3 is 4.90 Å². The van der Waals surface area contributed by atoms with Gasteiger partial charge in [-0.3, -0.25) is 4.79 Å². The topological polar surface area (TPSA) is 48.3 Å². The summed E-state index contributed by atoms with van der Waals surface area (Å²) in [7, 11) is 0. The van der Waals surface area contributed by atoms with E-state index in [1.165, 1.54) is 11.3 Å². The fourth-order valence-electron chi connectivity index (χ4n) is 3.58. The van der Waals surface area contributed by atoms with E-state index in [0.29, 0.717) is 18.0 Å². The Hall–Kier alpha value is -1.87. The second kappa shape index (κ2) is 7.18. The number of carbonyl (C=O) groups is 1. The molecular weight excluding hydrogens is 413 g/mol. The van der Waals surface area contributed by atoms with Crippen molar-refractivity contribution < 1.29 is 18.0 Å². The van der Waals surface area contributed by atoms with Gasteiger partial charge in [-0.25, -0.2) is 10.0 Å². The van der Waals surface area contributed by atoms with Crippen molar-refractivity contribution in [2.24, 2.45) is 10.1 Å². The van der Waals surface area contributed by atoms with Crippen LogP contribution in [0.3, 0.4) is 0 Å². The predicted molar refractivity (Wildman–Crippen MR) is 104 cm³/mol. The molecule has 1 amide bonds. The first-order valence-electron chi connectivity index (χ1n) is 9.05. The monoisotopic (exact) mass is 430 g/mol. The zero-order valence-corrected chi connectivity index (χ0v) is 16.4. The molecule has 2 unspecified atom stereocenters. The van der Waals surface area contributed by atoms with Crippen LogP contribution in [0.25, 0.3) is 5.70 Å². The van der Waals surface area contributed by atoms with Gasteiger partial charge >= 0.3 is 6.18 Å². The summed E-state index contributed by atoms with van der Waals surface area (Å²) >= 11 is 7.89. The van der Waals surface area contributed by atoms with Gasteiger partial charge in [0.05, 0.1) is 16.8 Å². The molecular formula is C18H18ClF3N4OS. The summed E-state index contributed by atoms with van der Waals surface area (Å²) in [6.45, 7) is 1.06. The lowest BCUT2D eigenvalue weighted by molar-refractivity contribution is -0.161. The zero-order chi connectivity index (χ0) is 19.9. The minimum Gasteiger partial charge on any atom is -0.340 e. The van der Waals surface area contributed by atoms with Gasteiger partial charge in [0.2, 0.25) is 4.87 Å². The van der Waals surface area contributed by atoms with E-state index in [1.807, 2.05) is 0 Å². The third-order valence-corrected chi connectivity index (χ3v) is 6.34. The standard InChI is InChI=1S/C18H18ClF3N4OS/c19-17(16(27)25-7-3-1-2-4-8-25)11-23-26-14(18(20,21)22)10-12(24-15(17)26)13-6-5-9-28-13/h5-6,9-11,14H,1-4,7-8H2. The van der Waals surface area contributed by atoms with Gasteiger partial charge in [-0.2, -0.15) is 18.3 Å². The second-order valence-corrected chi connectivity index (χ2v) is 8.50. The number of carbonyl (C=O) groups excluding carboxylic acids is 1. The number of fused-ring (bicyclic) bond motifs is 1. The Balaban J connectivity index is 1.73. The lowest BCUT2D eigenvalue weighted by Gasteiger charge is -2.34. The molecule has 0 aromatic carbocycles. The van der Waals surface area contributed by atoms with Crippen molar-refractivity contribution in [2.45, 2.75) is 42.8 Å². The molecule has 5 nitrogen and oxygen atoms in total. The van der Waals surface area contributed by atoms with E-state index in [2.05, 4.69) is 10.1 Å². The van der Waals surface area contributed by atoms with Gasteiger partial charge in [0.1, 0.15) is 0 Å². The Bertz CT molecular complexity index is 844. The molecule has 0 aliphatic carbocycles. The van der Waals surface area contributed by atoms with E-state index >= 15 is 0 Å². The van der Waals surface area contributed by atoms with Gasteiger partial charge in [0.25, 0.3) is 5.91 Å². The van der Waals surface area contributed by atoms with Crippen molar-refractivity contribution in [1.29, 1.82) is 0 Å². The Morgan fingerprint density at radius 2 is 1.96 bits per heavy atom. The highest BCUT2D eigenvalue weighted by molar-refractivity contribution is 7.11. The van der Waals surface area contributed by atoms with Crippen LogP contribution in [0, 0.1) is 0 Å². The Morgan fingerprint density at radius 3 is 2.57 bits per heavy atom. The number of hydrazone groups is 1. The summed E-state index contributed by atoms with van der Waals surface area (Å²) in [5.41, 5.74) is 0.155. The molecule has 0 radical (unpaired) electrons. The van der Waals surface area contributed by atoms with Crippen LogP contribution in [0.2, 0.25) is 0 Å². The summed E-state index contributed by atoms with van der Waals surface area (Å²) in [6.07, 6.45) is 1.24. The van der Waals surface area contributed by atoms with Crippen molar-refractivity contribution in [3.05, 3.63) is 28.5 Å². The number of hydrogen-bond acceptors (Lipinski definition) is 5. The van der Waals surface area contributed by atoms with Crippen molar-refractivity contribution in [2.75, 3.05) is 13.1 Å². The first kappa shape index (κ1) is 19.4. The Kier molecular flexibility index (Phi) is 4.99. The van der Waals surface area contributed by atoms with Crippen LogP contribution < -0.4 is 0 Å². The van der Waals surface area contributed by atoms with Gasteiger partial charge in [-0.05, 0) is 30.4 Å². The second-order valence-electron chi connectivity index (χ2n) is 6.96. The zero-order valence-electron chi connectivity index (χ0n) is 14.8. The van der Waals surface area contributed by atoms with Gasteiger partial charge in [0, 0.05) is 13.1 Å². The first-order valence-corrected chi connectivity index (χ1v) is 10.3. The van der Waals surface area contributed by atoms with Crippen LogP contribution in [0.4, 0.5) is 13.2 Å². The number of hydrogen-bond donors (Lipinski definition) is 0. The lowest BCUT2D eigenvalue weighted by atomic mass is 10.0. The Morgan fingerprint density at radius 1 is 1.25 bits per heavy atom. The minimum atomic E-state index is -4.59. The number of aliphatic imine (C=N–C) groups is 1. The van der Waals surface area contributed by atoms with Crippen LogP contribution in [0.5, 0.6) is 0 Å².